The van der Waals surface area contributed by atoms with Gasteiger partial charge in [0.1, 0.15) is 0 Å². The fraction of sp³-hybridized carbons (Fsp3) is 0.200. The normalized spacial score (nSPS) is 9.00. The van der Waals surface area contributed by atoms with Crippen molar-refractivity contribution in [2.45, 2.75) is 6.92 Å². The van der Waals surface area contributed by atoms with Gasteiger partial charge in [0, 0.05) is 24.5 Å². The molecule has 1 aromatic rings. The van der Waals surface area contributed by atoms with E-state index in [-0.39, 0.29) is 0 Å². The lowest BCUT2D eigenvalue weighted by Crippen LogP contribution is -2.07. The summed E-state index contributed by atoms with van der Waals surface area (Å²) in [5.74, 6) is 2.79. The first-order valence-corrected chi connectivity index (χ1v) is 3.86. The number of aryl methyl sites for hydroxylation is 1. The minimum absolute atomic E-state index is 0.408. The van der Waals surface area contributed by atoms with E-state index in [2.05, 4.69) is 27.8 Å². The van der Waals surface area contributed by atoms with Crippen molar-refractivity contribution in [3.63, 3.8) is 0 Å². The summed E-state index contributed by atoms with van der Waals surface area (Å²) in [6.45, 7) is 5.69. The number of hydrogen-bond donors (Lipinski definition) is 1. The fourth-order valence-corrected chi connectivity index (χ4v) is 0.968. The van der Waals surface area contributed by atoms with E-state index < -0.39 is 0 Å². The van der Waals surface area contributed by atoms with Crippen molar-refractivity contribution in [3.8, 4) is 12.3 Å². The van der Waals surface area contributed by atoms with Gasteiger partial charge in [-0.1, -0.05) is 6.58 Å². The predicted octanol–water partition coefficient (Wildman–Crippen LogP) is 0.956. The number of rotatable bonds is 2. The van der Waals surface area contributed by atoms with E-state index in [0.717, 1.165) is 17.0 Å². The molecule has 0 bridgehead atoms. The highest BCUT2D eigenvalue weighted by atomic mass is 14.9. The molecule has 0 spiro atoms. The Bertz CT molecular complexity index is 374. The number of nitrogens with one attached hydrogen (secondary N) is 1. The van der Waals surface area contributed by atoms with Crippen molar-refractivity contribution in [2.75, 3.05) is 7.05 Å². The summed E-state index contributed by atoms with van der Waals surface area (Å²) < 4.78 is 0. The Kier molecular flexibility index (Phi) is 2.65. The van der Waals surface area contributed by atoms with E-state index in [9.17, 15) is 0 Å². The largest absolute Gasteiger partial charge is 0.388 e. The van der Waals surface area contributed by atoms with Crippen molar-refractivity contribution in [2.24, 2.45) is 0 Å². The van der Waals surface area contributed by atoms with Crippen LogP contribution in [0.1, 0.15) is 17.1 Å². The summed E-state index contributed by atoms with van der Waals surface area (Å²) in [6, 6.07) is 0. The fourth-order valence-electron chi connectivity index (χ4n) is 0.968. The molecule has 0 aliphatic carbocycles. The van der Waals surface area contributed by atoms with Gasteiger partial charge in [-0.05, 0) is 12.8 Å². The number of hydrogen-bond acceptors (Lipinski definition) is 3. The topological polar surface area (TPSA) is 37.8 Å². The number of nitrogens with zero attached hydrogens (tertiary/aromatic N) is 2. The molecule has 0 aliphatic heterocycles. The third kappa shape index (κ3) is 1.85. The van der Waals surface area contributed by atoms with E-state index in [0.29, 0.717) is 5.82 Å². The molecule has 0 radical (unpaired) electrons. The van der Waals surface area contributed by atoms with E-state index in [1.165, 1.54) is 0 Å². The zero-order valence-electron chi connectivity index (χ0n) is 7.76. The Morgan fingerprint density at radius 1 is 1.69 bits per heavy atom. The summed E-state index contributed by atoms with van der Waals surface area (Å²) in [6.07, 6.45) is 6.84. The Balaban J connectivity index is 3.14. The third-order valence-corrected chi connectivity index (χ3v) is 1.74. The standard InChI is InChI=1S/C10H11N3/c1-5-10-12-6-9(7(2)11-4)8(3)13-10/h1,6,11H,2H2,3-4H3. The Hall–Kier alpha value is -1.82. The molecule has 0 aromatic carbocycles. The molecule has 1 N–H and O–H groups in total. The van der Waals surface area contributed by atoms with Crippen molar-refractivity contribution < 1.29 is 0 Å². The molecule has 1 aromatic heterocycles. The molecule has 3 nitrogen and oxygen atoms in total. The maximum Gasteiger partial charge on any atom is 0.204 e. The second-order valence-electron chi connectivity index (χ2n) is 2.57. The van der Waals surface area contributed by atoms with Crippen molar-refractivity contribution in [3.05, 3.63) is 29.9 Å². The zero-order valence-corrected chi connectivity index (χ0v) is 7.76. The molecular weight excluding hydrogens is 162 g/mol. The van der Waals surface area contributed by atoms with Crippen LogP contribution in [0.4, 0.5) is 0 Å². The lowest BCUT2D eigenvalue weighted by atomic mass is 10.2. The van der Waals surface area contributed by atoms with Crippen LogP contribution < -0.4 is 5.32 Å². The Labute approximate surface area is 77.9 Å². The molecule has 0 atom stereocenters. The molecule has 66 valence electrons. The molecular formula is C10H11N3. The van der Waals surface area contributed by atoms with Gasteiger partial charge in [-0.3, -0.25) is 0 Å². The molecule has 1 rings (SSSR count). The van der Waals surface area contributed by atoms with Crippen LogP contribution in [-0.2, 0) is 0 Å². The van der Waals surface area contributed by atoms with Gasteiger partial charge in [0.2, 0.25) is 5.82 Å². The summed E-state index contributed by atoms with van der Waals surface area (Å²) in [7, 11) is 1.80. The van der Waals surface area contributed by atoms with E-state index in [1.54, 1.807) is 13.2 Å². The first-order valence-electron chi connectivity index (χ1n) is 3.86. The minimum Gasteiger partial charge on any atom is -0.388 e. The second kappa shape index (κ2) is 3.72. The summed E-state index contributed by atoms with van der Waals surface area (Å²) >= 11 is 0. The van der Waals surface area contributed by atoms with Gasteiger partial charge in [0.25, 0.3) is 0 Å². The van der Waals surface area contributed by atoms with Crippen LogP contribution in [0.3, 0.4) is 0 Å². The average Bonchev–Trinajstić information content (AvgIpc) is 2.16. The van der Waals surface area contributed by atoms with Crippen molar-refractivity contribution in [1.82, 2.24) is 15.3 Å². The second-order valence-corrected chi connectivity index (χ2v) is 2.57. The maximum absolute atomic E-state index is 5.16. The average molecular weight is 173 g/mol. The van der Waals surface area contributed by atoms with Crippen LogP contribution in [0.25, 0.3) is 5.70 Å². The first-order chi connectivity index (χ1) is 6.19. The quantitative estimate of drug-likeness (QED) is 0.677. The Morgan fingerprint density at radius 3 is 2.85 bits per heavy atom. The highest BCUT2D eigenvalue weighted by Crippen LogP contribution is 2.10. The van der Waals surface area contributed by atoms with Crippen LogP contribution >= 0.6 is 0 Å². The van der Waals surface area contributed by atoms with Crippen LogP contribution in [0.2, 0.25) is 0 Å². The zero-order chi connectivity index (χ0) is 9.84. The monoisotopic (exact) mass is 173 g/mol. The molecule has 0 unspecified atom stereocenters. The number of terminal acetylenes is 1. The van der Waals surface area contributed by atoms with Gasteiger partial charge in [-0.2, -0.15) is 0 Å². The molecule has 0 aliphatic rings. The Morgan fingerprint density at radius 2 is 2.38 bits per heavy atom. The summed E-state index contributed by atoms with van der Waals surface area (Å²) in [5, 5.41) is 2.93. The molecule has 0 saturated carbocycles. The van der Waals surface area contributed by atoms with Crippen molar-refractivity contribution in [1.29, 1.82) is 0 Å². The van der Waals surface area contributed by atoms with E-state index in [4.69, 9.17) is 6.42 Å². The van der Waals surface area contributed by atoms with E-state index >= 15 is 0 Å². The van der Waals surface area contributed by atoms with Gasteiger partial charge in [0.15, 0.2) is 0 Å². The summed E-state index contributed by atoms with van der Waals surface area (Å²) in [4.78, 5) is 8.09. The van der Waals surface area contributed by atoms with Crippen LogP contribution in [0.5, 0.6) is 0 Å². The maximum atomic E-state index is 5.16. The molecule has 0 amide bonds. The van der Waals surface area contributed by atoms with E-state index in [1.807, 2.05) is 6.92 Å². The molecule has 3 heteroatoms. The first kappa shape index (κ1) is 9.27. The van der Waals surface area contributed by atoms with Crippen molar-refractivity contribution >= 4 is 5.70 Å². The van der Waals surface area contributed by atoms with Crippen LogP contribution in [0.15, 0.2) is 12.8 Å². The van der Waals surface area contributed by atoms with Gasteiger partial charge in [0.05, 0.1) is 5.69 Å². The van der Waals surface area contributed by atoms with Gasteiger partial charge >= 0.3 is 0 Å². The molecule has 0 fully saturated rings. The van der Waals surface area contributed by atoms with Gasteiger partial charge < -0.3 is 5.32 Å². The summed E-state index contributed by atoms with van der Waals surface area (Å²) in [5.41, 5.74) is 2.52. The highest BCUT2D eigenvalue weighted by molar-refractivity contribution is 5.62. The molecule has 1 heterocycles. The lowest BCUT2D eigenvalue weighted by Gasteiger charge is -2.06. The van der Waals surface area contributed by atoms with Gasteiger partial charge in [-0.25, -0.2) is 9.97 Å². The predicted molar refractivity (Wildman–Crippen MR) is 52.8 cm³/mol. The smallest absolute Gasteiger partial charge is 0.204 e. The van der Waals surface area contributed by atoms with Crippen LogP contribution in [0, 0.1) is 19.3 Å². The van der Waals surface area contributed by atoms with Gasteiger partial charge in [-0.15, -0.1) is 6.42 Å². The number of aromatic nitrogens is 2. The molecule has 13 heavy (non-hydrogen) atoms. The SMILES string of the molecule is C#Cc1ncc(C(=C)NC)c(C)n1. The third-order valence-electron chi connectivity index (χ3n) is 1.74. The minimum atomic E-state index is 0.408. The highest BCUT2D eigenvalue weighted by Gasteiger charge is 2.03. The lowest BCUT2D eigenvalue weighted by molar-refractivity contribution is 1.03. The molecule has 0 saturated heterocycles. The van der Waals surface area contributed by atoms with Crippen LogP contribution in [-0.4, -0.2) is 17.0 Å².